The zero-order valence-corrected chi connectivity index (χ0v) is 14.7. The molecule has 0 spiro atoms. The first-order valence-electron chi connectivity index (χ1n) is 8.33. The summed E-state index contributed by atoms with van der Waals surface area (Å²) in [5, 5.41) is 0. The maximum Gasteiger partial charge on any atom is 0.247 e. The number of ether oxygens (including phenoxy) is 1. The van der Waals surface area contributed by atoms with E-state index in [2.05, 4.69) is 0 Å². The second-order valence-electron chi connectivity index (χ2n) is 6.25. The van der Waals surface area contributed by atoms with Gasteiger partial charge >= 0.3 is 0 Å². The van der Waals surface area contributed by atoms with Crippen LogP contribution in [-0.2, 0) is 16.0 Å². The first-order valence-corrected chi connectivity index (χ1v) is 8.33. The van der Waals surface area contributed by atoms with E-state index < -0.39 is 0 Å². The Morgan fingerprint density at radius 1 is 1.16 bits per heavy atom. The van der Waals surface area contributed by atoms with Crippen molar-refractivity contribution in [3.63, 3.8) is 0 Å². The molecule has 0 saturated heterocycles. The normalized spacial score (nSPS) is 15.6. The number of amides is 2. The Morgan fingerprint density at radius 2 is 1.84 bits per heavy atom. The number of fused-ring (bicyclic) bond motifs is 1. The SMILES string of the molecule is COc1ccc(N(CC(=O)N2c3ccccc3CC2C)C(C)=O)cc1. The summed E-state index contributed by atoms with van der Waals surface area (Å²) >= 11 is 0. The molecule has 2 amide bonds. The molecule has 25 heavy (non-hydrogen) atoms. The Balaban J connectivity index is 1.83. The number of rotatable bonds is 4. The molecule has 2 aromatic carbocycles. The smallest absolute Gasteiger partial charge is 0.247 e. The molecular weight excluding hydrogens is 316 g/mol. The Kier molecular flexibility index (Phi) is 4.74. The van der Waals surface area contributed by atoms with Gasteiger partial charge in [-0.15, -0.1) is 0 Å². The number of nitrogens with zero attached hydrogens (tertiary/aromatic N) is 2. The second-order valence-corrected chi connectivity index (χ2v) is 6.25. The molecule has 5 nitrogen and oxygen atoms in total. The molecule has 130 valence electrons. The van der Waals surface area contributed by atoms with Gasteiger partial charge in [-0.2, -0.15) is 0 Å². The highest BCUT2D eigenvalue weighted by Crippen LogP contribution is 2.32. The zero-order chi connectivity index (χ0) is 18.0. The van der Waals surface area contributed by atoms with Gasteiger partial charge in [-0.3, -0.25) is 9.59 Å². The molecule has 0 aromatic heterocycles. The molecule has 0 N–H and O–H groups in total. The van der Waals surface area contributed by atoms with Crippen LogP contribution in [0.2, 0.25) is 0 Å². The quantitative estimate of drug-likeness (QED) is 0.861. The van der Waals surface area contributed by atoms with Gasteiger partial charge in [-0.25, -0.2) is 0 Å². The molecule has 2 aromatic rings. The highest BCUT2D eigenvalue weighted by molar-refractivity contribution is 6.04. The van der Waals surface area contributed by atoms with E-state index in [1.54, 1.807) is 36.3 Å². The van der Waals surface area contributed by atoms with Crippen LogP contribution in [0.3, 0.4) is 0 Å². The minimum atomic E-state index is -0.168. The summed E-state index contributed by atoms with van der Waals surface area (Å²) in [6.45, 7) is 3.52. The molecule has 0 aliphatic carbocycles. The van der Waals surface area contributed by atoms with Crippen LogP contribution in [0.1, 0.15) is 19.4 Å². The first-order chi connectivity index (χ1) is 12.0. The van der Waals surface area contributed by atoms with Crippen LogP contribution in [0, 0.1) is 0 Å². The Bertz CT molecular complexity index is 786. The van der Waals surface area contributed by atoms with E-state index >= 15 is 0 Å². The number of para-hydroxylation sites is 1. The van der Waals surface area contributed by atoms with Gasteiger partial charge in [-0.05, 0) is 49.2 Å². The number of hydrogen-bond donors (Lipinski definition) is 0. The maximum absolute atomic E-state index is 12.9. The van der Waals surface area contributed by atoms with Crippen molar-refractivity contribution in [1.29, 1.82) is 0 Å². The summed E-state index contributed by atoms with van der Waals surface area (Å²) in [4.78, 5) is 28.3. The number of anilines is 2. The second kappa shape index (κ2) is 6.97. The Labute approximate surface area is 147 Å². The molecule has 0 bridgehead atoms. The number of carbonyl (C=O) groups excluding carboxylic acids is 2. The average Bonchev–Trinajstić information content (AvgIpc) is 2.95. The Morgan fingerprint density at radius 3 is 2.48 bits per heavy atom. The number of benzene rings is 2. The number of hydrogen-bond acceptors (Lipinski definition) is 3. The van der Waals surface area contributed by atoms with Gasteiger partial charge in [0.25, 0.3) is 0 Å². The lowest BCUT2D eigenvalue weighted by molar-refractivity contribution is -0.121. The first kappa shape index (κ1) is 17.0. The van der Waals surface area contributed by atoms with Crippen LogP contribution in [0.4, 0.5) is 11.4 Å². The summed E-state index contributed by atoms with van der Waals surface area (Å²) < 4.78 is 5.15. The van der Waals surface area contributed by atoms with Crippen LogP contribution < -0.4 is 14.5 Å². The molecule has 1 atom stereocenters. The zero-order valence-electron chi connectivity index (χ0n) is 14.7. The molecule has 1 unspecified atom stereocenters. The Hall–Kier alpha value is -2.82. The summed E-state index contributed by atoms with van der Waals surface area (Å²) in [6, 6.07) is 15.2. The fraction of sp³-hybridized carbons (Fsp3) is 0.300. The van der Waals surface area contributed by atoms with Gasteiger partial charge in [0, 0.05) is 24.3 Å². The summed E-state index contributed by atoms with van der Waals surface area (Å²) in [7, 11) is 1.59. The van der Waals surface area contributed by atoms with Crippen molar-refractivity contribution in [2.45, 2.75) is 26.3 Å². The summed E-state index contributed by atoms with van der Waals surface area (Å²) in [5.74, 6) is 0.461. The van der Waals surface area contributed by atoms with Crippen molar-refractivity contribution < 1.29 is 14.3 Å². The van der Waals surface area contributed by atoms with Gasteiger partial charge < -0.3 is 14.5 Å². The van der Waals surface area contributed by atoms with E-state index in [-0.39, 0.29) is 24.4 Å². The van der Waals surface area contributed by atoms with Crippen molar-refractivity contribution in [2.24, 2.45) is 0 Å². The fourth-order valence-corrected chi connectivity index (χ4v) is 3.30. The molecular formula is C20H22N2O3. The minimum absolute atomic E-state index is 0.0142. The van der Waals surface area contributed by atoms with Crippen molar-refractivity contribution in [3.8, 4) is 5.75 Å². The van der Waals surface area contributed by atoms with Crippen LogP contribution >= 0.6 is 0 Å². The topological polar surface area (TPSA) is 49.9 Å². The van der Waals surface area contributed by atoms with Crippen LogP contribution in [0.15, 0.2) is 48.5 Å². The van der Waals surface area contributed by atoms with Crippen LogP contribution in [0.5, 0.6) is 5.75 Å². The van der Waals surface area contributed by atoms with Crippen molar-refractivity contribution >= 4 is 23.2 Å². The van der Waals surface area contributed by atoms with Gasteiger partial charge in [-0.1, -0.05) is 18.2 Å². The number of carbonyl (C=O) groups is 2. The third kappa shape index (κ3) is 3.36. The molecule has 0 fully saturated rings. The monoisotopic (exact) mass is 338 g/mol. The molecule has 0 saturated carbocycles. The predicted molar refractivity (Wildman–Crippen MR) is 98.1 cm³/mol. The average molecular weight is 338 g/mol. The molecule has 0 radical (unpaired) electrons. The molecule has 1 aliphatic heterocycles. The van der Waals surface area contributed by atoms with E-state index in [4.69, 9.17) is 4.74 Å². The van der Waals surface area contributed by atoms with E-state index in [0.717, 1.165) is 12.1 Å². The van der Waals surface area contributed by atoms with Crippen molar-refractivity contribution in [3.05, 3.63) is 54.1 Å². The van der Waals surface area contributed by atoms with Crippen LogP contribution in [0.25, 0.3) is 0 Å². The van der Waals surface area contributed by atoms with Crippen LogP contribution in [-0.4, -0.2) is 31.5 Å². The van der Waals surface area contributed by atoms with Gasteiger partial charge in [0.05, 0.1) is 7.11 Å². The highest BCUT2D eigenvalue weighted by atomic mass is 16.5. The minimum Gasteiger partial charge on any atom is -0.497 e. The summed E-state index contributed by atoms with van der Waals surface area (Å²) in [6.07, 6.45) is 0.838. The fourth-order valence-electron chi connectivity index (χ4n) is 3.30. The predicted octanol–water partition coefficient (Wildman–Crippen LogP) is 3.03. The lowest BCUT2D eigenvalue weighted by Gasteiger charge is -2.27. The third-order valence-electron chi connectivity index (χ3n) is 4.53. The molecule has 5 heteroatoms. The van der Waals surface area contributed by atoms with Crippen molar-refractivity contribution in [1.82, 2.24) is 0 Å². The molecule has 3 rings (SSSR count). The van der Waals surface area contributed by atoms with E-state index in [1.807, 2.05) is 31.2 Å². The lowest BCUT2D eigenvalue weighted by atomic mass is 10.1. The largest absolute Gasteiger partial charge is 0.497 e. The number of methoxy groups -OCH3 is 1. The summed E-state index contributed by atoms with van der Waals surface area (Å²) in [5.41, 5.74) is 2.79. The maximum atomic E-state index is 12.9. The lowest BCUT2D eigenvalue weighted by Crippen LogP contribution is -2.44. The van der Waals surface area contributed by atoms with E-state index in [9.17, 15) is 9.59 Å². The third-order valence-corrected chi connectivity index (χ3v) is 4.53. The van der Waals surface area contributed by atoms with Gasteiger partial charge in [0.2, 0.25) is 11.8 Å². The highest BCUT2D eigenvalue weighted by Gasteiger charge is 2.31. The molecule has 1 aliphatic rings. The van der Waals surface area contributed by atoms with Crippen molar-refractivity contribution in [2.75, 3.05) is 23.5 Å². The van der Waals surface area contributed by atoms with E-state index in [0.29, 0.717) is 11.4 Å². The standard InChI is InChI=1S/C20H22N2O3/c1-14-12-16-6-4-5-7-19(16)22(14)20(24)13-21(15(2)23)17-8-10-18(25-3)11-9-17/h4-11,14H,12-13H2,1-3H3. The van der Waals surface area contributed by atoms with Gasteiger partial charge in [0.15, 0.2) is 0 Å². The molecule has 1 heterocycles. The van der Waals surface area contributed by atoms with E-state index in [1.165, 1.54) is 17.4 Å². The van der Waals surface area contributed by atoms with Gasteiger partial charge in [0.1, 0.15) is 12.3 Å².